The van der Waals surface area contributed by atoms with Gasteiger partial charge in [-0.1, -0.05) is 0 Å². The predicted molar refractivity (Wildman–Crippen MR) is 91.7 cm³/mol. The first-order chi connectivity index (χ1) is 11.4. The molecule has 2 heterocycles. The average molecular weight is 349 g/mol. The number of piperidine rings is 1. The monoisotopic (exact) mass is 349 g/mol. The number of nitrogens with zero attached hydrogens (tertiary/aromatic N) is 3. The molecule has 1 aliphatic heterocycles. The third kappa shape index (κ3) is 3.06. The van der Waals surface area contributed by atoms with Gasteiger partial charge in [-0.3, -0.25) is 4.68 Å². The lowest BCUT2D eigenvalue weighted by atomic mass is 10.1. The van der Waals surface area contributed by atoms with Gasteiger partial charge in [0.1, 0.15) is 5.75 Å². The van der Waals surface area contributed by atoms with Crippen LogP contribution in [0, 0.1) is 13.8 Å². The Kier molecular flexibility index (Phi) is 4.64. The molecule has 7 heteroatoms. The zero-order valence-corrected chi connectivity index (χ0v) is 15.1. The van der Waals surface area contributed by atoms with Crippen LogP contribution in [-0.4, -0.2) is 42.7 Å². The number of sulfonamides is 1. The first-order valence-electron chi connectivity index (χ1n) is 8.08. The average Bonchev–Trinajstić information content (AvgIpc) is 3.11. The minimum Gasteiger partial charge on any atom is -0.496 e. The summed E-state index contributed by atoms with van der Waals surface area (Å²) >= 11 is 0. The Morgan fingerprint density at radius 2 is 1.88 bits per heavy atom. The van der Waals surface area contributed by atoms with Gasteiger partial charge in [0.05, 0.1) is 18.0 Å². The van der Waals surface area contributed by atoms with Crippen molar-refractivity contribution in [3.63, 3.8) is 0 Å². The molecule has 0 spiro atoms. The van der Waals surface area contributed by atoms with Crippen LogP contribution < -0.4 is 4.74 Å². The zero-order valence-electron chi connectivity index (χ0n) is 14.3. The molecule has 2 aromatic rings. The van der Waals surface area contributed by atoms with E-state index in [0.717, 1.165) is 18.4 Å². The molecule has 0 saturated carbocycles. The first kappa shape index (κ1) is 17.0. The number of hydrogen-bond acceptors (Lipinski definition) is 4. The standard InChI is InChI=1S/C17H23N3O3S/c1-13-12-17(14(2)11-16(13)23-3)24(21,22)19-9-5-15(6-10-19)20-8-4-7-18-20/h4,7-8,11-12,15H,5-6,9-10H2,1-3H3. The number of methoxy groups -OCH3 is 1. The molecule has 0 bridgehead atoms. The smallest absolute Gasteiger partial charge is 0.243 e. The predicted octanol–water partition coefficient (Wildman–Crippen LogP) is 2.53. The van der Waals surface area contributed by atoms with E-state index in [-0.39, 0.29) is 6.04 Å². The molecule has 24 heavy (non-hydrogen) atoms. The van der Waals surface area contributed by atoms with Crippen molar-refractivity contribution in [3.8, 4) is 5.75 Å². The first-order valence-corrected chi connectivity index (χ1v) is 9.52. The summed E-state index contributed by atoms with van der Waals surface area (Å²) in [5.74, 6) is 0.712. The molecule has 1 aliphatic rings. The van der Waals surface area contributed by atoms with Gasteiger partial charge in [-0.2, -0.15) is 9.40 Å². The van der Waals surface area contributed by atoms with E-state index < -0.39 is 10.0 Å². The number of rotatable bonds is 4. The second-order valence-electron chi connectivity index (χ2n) is 6.21. The van der Waals surface area contributed by atoms with Gasteiger partial charge in [-0.25, -0.2) is 8.42 Å². The summed E-state index contributed by atoms with van der Waals surface area (Å²) < 4.78 is 34.8. The summed E-state index contributed by atoms with van der Waals surface area (Å²) in [5, 5.41) is 4.26. The molecule has 0 aliphatic carbocycles. The molecule has 0 N–H and O–H groups in total. The topological polar surface area (TPSA) is 64.4 Å². The normalized spacial score (nSPS) is 17.1. The largest absolute Gasteiger partial charge is 0.496 e. The summed E-state index contributed by atoms with van der Waals surface area (Å²) in [6, 6.07) is 5.67. The molecule has 0 amide bonds. The molecule has 1 aromatic heterocycles. The number of benzene rings is 1. The van der Waals surface area contributed by atoms with Gasteiger partial charge in [0.2, 0.25) is 10.0 Å². The summed E-state index contributed by atoms with van der Waals surface area (Å²) in [6.45, 7) is 4.70. The van der Waals surface area contributed by atoms with Crippen LogP contribution in [0.3, 0.4) is 0 Å². The quantitative estimate of drug-likeness (QED) is 0.851. The lowest BCUT2D eigenvalue weighted by Gasteiger charge is -2.31. The summed E-state index contributed by atoms with van der Waals surface area (Å²) in [5.41, 5.74) is 1.54. The van der Waals surface area contributed by atoms with E-state index in [0.29, 0.717) is 29.3 Å². The highest BCUT2D eigenvalue weighted by molar-refractivity contribution is 7.89. The molecule has 6 nitrogen and oxygen atoms in total. The van der Waals surface area contributed by atoms with Crippen LogP contribution in [0.4, 0.5) is 0 Å². The zero-order chi connectivity index (χ0) is 17.3. The van der Waals surface area contributed by atoms with Gasteiger partial charge < -0.3 is 4.74 Å². The van der Waals surface area contributed by atoms with Crippen LogP contribution in [-0.2, 0) is 10.0 Å². The Bertz CT molecular complexity index is 808. The fourth-order valence-electron chi connectivity index (χ4n) is 3.24. The summed E-state index contributed by atoms with van der Waals surface area (Å²) in [6.07, 6.45) is 5.24. The van der Waals surface area contributed by atoms with Crippen molar-refractivity contribution in [2.24, 2.45) is 0 Å². The van der Waals surface area contributed by atoms with Crippen molar-refractivity contribution in [3.05, 3.63) is 41.7 Å². The van der Waals surface area contributed by atoms with Crippen molar-refractivity contribution in [2.75, 3.05) is 20.2 Å². The molecule has 1 fully saturated rings. The van der Waals surface area contributed by atoms with Crippen LogP contribution in [0.25, 0.3) is 0 Å². The van der Waals surface area contributed by atoms with Crippen LogP contribution in [0.2, 0.25) is 0 Å². The van der Waals surface area contributed by atoms with E-state index in [1.165, 1.54) is 0 Å². The van der Waals surface area contributed by atoms with Crippen LogP contribution in [0.15, 0.2) is 35.5 Å². The highest BCUT2D eigenvalue weighted by Crippen LogP contribution is 2.30. The molecular formula is C17H23N3O3S. The maximum absolute atomic E-state index is 13.0. The Hall–Kier alpha value is -1.86. The number of aryl methyl sites for hydroxylation is 2. The maximum atomic E-state index is 13.0. The Balaban J connectivity index is 1.81. The second kappa shape index (κ2) is 6.57. The lowest BCUT2D eigenvalue weighted by molar-refractivity contribution is 0.261. The van der Waals surface area contributed by atoms with E-state index in [1.807, 2.05) is 30.8 Å². The minimum atomic E-state index is -3.48. The van der Waals surface area contributed by atoms with E-state index in [4.69, 9.17) is 4.74 Å². The van der Waals surface area contributed by atoms with Gasteiger partial charge in [0.25, 0.3) is 0 Å². The van der Waals surface area contributed by atoms with Crippen molar-refractivity contribution < 1.29 is 13.2 Å². The lowest BCUT2D eigenvalue weighted by Crippen LogP contribution is -2.39. The highest BCUT2D eigenvalue weighted by Gasteiger charge is 2.31. The van der Waals surface area contributed by atoms with E-state index in [9.17, 15) is 8.42 Å². The maximum Gasteiger partial charge on any atom is 0.243 e. The molecule has 0 radical (unpaired) electrons. The number of aromatic nitrogens is 2. The van der Waals surface area contributed by atoms with Gasteiger partial charge in [0.15, 0.2) is 0 Å². The molecule has 130 valence electrons. The molecule has 1 saturated heterocycles. The third-order valence-corrected chi connectivity index (χ3v) is 6.67. The van der Waals surface area contributed by atoms with E-state index in [2.05, 4.69) is 5.10 Å². The summed E-state index contributed by atoms with van der Waals surface area (Å²) in [4.78, 5) is 0.373. The SMILES string of the molecule is COc1cc(C)c(S(=O)(=O)N2CCC(n3cccn3)CC2)cc1C. The molecule has 0 atom stereocenters. The van der Waals surface area contributed by atoms with Gasteiger partial charge >= 0.3 is 0 Å². The number of hydrogen-bond donors (Lipinski definition) is 0. The van der Waals surface area contributed by atoms with Crippen molar-refractivity contribution in [1.82, 2.24) is 14.1 Å². The van der Waals surface area contributed by atoms with Crippen molar-refractivity contribution >= 4 is 10.0 Å². The fraction of sp³-hybridized carbons (Fsp3) is 0.471. The molecule has 1 aromatic carbocycles. The van der Waals surface area contributed by atoms with Crippen molar-refractivity contribution in [2.45, 2.75) is 37.6 Å². The highest BCUT2D eigenvalue weighted by atomic mass is 32.2. The Labute approximate surface area is 143 Å². The van der Waals surface area contributed by atoms with Crippen LogP contribution in [0.5, 0.6) is 5.75 Å². The van der Waals surface area contributed by atoms with Crippen molar-refractivity contribution in [1.29, 1.82) is 0 Å². The van der Waals surface area contributed by atoms with E-state index in [1.54, 1.807) is 29.7 Å². The second-order valence-corrected chi connectivity index (χ2v) is 8.12. The third-order valence-electron chi connectivity index (χ3n) is 4.63. The van der Waals surface area contributed by atoms with Gasteiger partial charge in [0, 0.05) is 25.5 Å². The fourth-order valence-corrected chi connectivity index (χ4v) is 5.01. The Morgan fingerprint density at radius 3 is 2.46 bits per heavy atom. The van der Waals surface area contributed by atoms with E-state index >= 15 is 0 Å². The molecule has 3 rings (SSSR count). The summed E-state index contributed by atoms with van der Waals surface area (Å²) in [7, 11) is -1.89. The van der Waals surface area contributed by atoms with Crippen LogP contribution in [0.1, 0.15) is 30.0 Å². The van der Waals surface area contributed by atoms with Gasteiger partial charge in [-0.15, -0.1) is 0 Å². The Morgan fingerprint density at radius 1 is 1.17 bits per heavy atom. The van der Waals surface area contributed by atoms with Crippen LogP contribution >= 0.6 is 0 Å². The van der Waals surface area contributed by atoms with Gasteiger partial charge in [-0.05, 0) is 56.0 Å². The molecular weight excluding hydrogens is 326 g/mol. The minimum absolute atomic E-state index is 0.269. The molecule has 0 unspecified atom stereocenters. The number of ether oxygens (including phenoxy) is 1.